The van der Waals surface area contributed by atoms with Crippen LogP contribution in [0.25, 0.3) is 0 Å². The lowest BCUT2D eigenvalue weighted by atomic mass is 10.2. The third kappa shape index (κ3) is 2.85. The van der Waals surface area contributed by atoms with Crippen molar-refractivity contribution in [3.63, 3.8) is 0 Å². The number of hydrogen-bond donors (Lipinski definition) is 1. The Hall–Kier alpha value is -2.36. The number of hydrogen-bond acceptors (Lipinski definition) is 4. The van der Waals surface area contributed by atoms with E-state index in [4.69, 9.17) is 15.8 Å². The van der Waals surface area contributed by atoms with Gasteiger partial charge >= 0.3 is 0 Å². The zero-order valence-corrected chi connectivity index (χ0v) is 10.8. The molecule has 88 valence electrons. The van der Waals surface area contributed by atoms with Crippen LogP contribution in [0, 0.1) is 46.7 Å². The van der Waals surface area contributed by atoms with Gasteiger partial charge in [0.05, 0.1) is 5.69 Å². The van der Waals surface area contributed by atoms with Crippen molar-refractivity contribution in [3.8, 4) is 18.2 Å². The van der Waals surface area contributed by atoms with Gasteiger partial charge in [0, 0.05) is 4.47 Å². The van der Waals surface area contributed by atoms with Crippen LogP contribution in [-0.2, 0) is 0 Å². The Labute approximate surface area is 112 Å². The summed E-state index contributed by atoms with van der Waals surface area (Å²) in [6, 6.07) is 7.60. The molecule has 1 aromatic carbocycles. The van der Waals surface area contributed by atoms with E-state index in [0.29, 0.717) is 10.0 Å². The normalized spacial score (nSPS) is 8.67. The van der Waals surface area contributed by atoms with E-state index in [9.17, 15) is 4.39 Å². The van der Waals surface area contributed by atoms with E-state index >= 15 is 0 Å². The van der Waals surface area contributed by atoms with Gasteiger partial charge in [0.25, 0.3) is 0 Å². The first-order valence-electron chi connectivity index (χ1n) is 4.70. The number of benzene rings is 1. The van der Waals surface area contributed by atoms with Crippen LogP contribution in [0.15, 0.2) is 27.9 Å². The maximum absolute atomic E-state index is 13.4. The Morgan fingerprint density at radius 1 is 1.22 bits per heavy atom. The highest BCUT2D eigenvalue weighted by atomic mass is 79.9. The van der Waals surface area contributed by atoms with Gasteiger partial charge in [0.2, 0.25) is 0 Å². The molecule has 18 heavy (non-hydrogen) atoms. The first-order chi connectivity index (χ1) is 8.53. The first kappa shape index (κ1) is 13.7. The van der Waals surface area contributed by atoms with Gasteiger partial charge in [0.1, 0.15) is 29.7 Å². The molecule has 0 unspecified atom stereocenters. The van der Waals surface area contributed by atoms with Crippen LogP contribution in [0.5, 0.6) is 0 Å². The molecule has 4 nitrogen and oxygen atoms in total. The number of aryl methyl sites for hydroxylation is 1. The average Bonchev–Trinajstić information content (AvgIpc) is 2.35. The summed E-state index contributed by atoms with van der Waals surface area (Å²) in [5.41, 5.74) is 0.141. The summed E-state index contributed by atoms with van der Waals surface area (Å²) in [6.07, 6.45) is 0. The van der Waals surface area contributed by atoms with E-state index < -0.39 is 5.82 Å². The molecule has 0 fully saturated rings. The minimum Gasteiger partial charge on any atom is -0.344 e. The van der Waals surface area contributed by atoms with E-state index in [1.54, 1.807) is 25.1 Å². The van der Waals surface area contributed by atoms with Crippen LogP contribution in [-0.4, -0.2) is 0 Å². The molecule has 0 atom stereocenters. The Morgan fingerprint density at radius 2 is 1.83 bits per heavy atom. The van der Waals surface area contributed by atoms with Crippen molar-refractivity contribution in [2.24, 2.45) is 0 Å². The van der Waals surface area contributed by atoms with E-state index in [2.05, 4.69) is 21.2 Å². The molecular weight excluding hydrogens is 299 g/mol. The fourth-order valence-electron chi connectivity index (χ4n) is 1.16. The number of allylic oxidation sites excluding steroid dienone is 2. The predicted molar refractivity (Wildman–Crippen MR) is 66.3 cm³/mol. The van der Waals surface area contributed by atoms with Crippen molar-refractivity contribution >= 4 is 21.6 Å². The monoisotopic (exact) mass is 304 g/mol. The summed E-state index contributed by atoms with van der Waals surface area (Å²) in [6.45, 7) is 1.60. The summed E-state index contributed by atoms with van der Waals surface area (Å²) in [5.74, 6) is -0.451. The zero-order valence-electron chi connectivity index (χ0n) is 9.25. The molecule has 1 aromatic rings. The summed E-state index contributed by atoms with van der Waals surface area (Å²) < 4.78 is 13.9. The lowest BCUT2D eigenvalue weighted by molar-refractivity contribution is 0.619. The molecule has 0 bridgehead atoms. The highest BCUT2D eigenvalue weighted by Crippen LogP contribution is 2.27. The minimum absolute atomic E-state index is 0.219. The van der Waals surface area contributed by atoms with Gasteiger partial charge < -0.3 is 5.32 Å². The number of anilines is 1. The number of nitrogens with zero attached hydrogens (tertiary/aromatic N) is 3. The molecule has 0 aromatic heterocycles. The topological polar surface area (TPSA) is 83.4 Å². The second-order valence-corrected chi connectivity index (χ2v) is 4.15. The van der Waals surface area contributed by atoms with Gasteiger partial charge in [-0.15, -0.1) is 0 Å². The molecule has 0 radical (unpaired) electrons. The summed E-state index contributed by atoms with van der Waals surface area (Å²) in [7, 11) is 0. The number of halogens is 2. The molecule has 0 heterocycles. The van der Waals surface area contributed by atoms with Gasteiger partial charge in [-0.05, 0) is 40.5 Å². The third-order valence-electron chi connectivity index (χ3n) is 2.09. The van der Waals surface area contributed by atoms with E-state index in [1.165, 1.54) is 12.1 Å². The van der Waals surface area contributed by atoms with Gasteiger partial charge in [-0.3, -0.25) is 0 Å². The van der Waals surface area contributed by atoms with Gasteiger partial charge in [-0.2, -0.15) is 15.8 Å². The van der Waals surface area contributed by atoms with Gasteiger partial charge in [-0.1, -0.05) is 0 Å². The molecule has 0 aliphatic carbocycles. The highest BCUT2D eigenvalue weighted by molar-refractivity contribution is 9.10. The van der Waals surface area contributed by atoms with Crippen molar-refractivity contribution in [2.45, 2.75) is 6.92 Å². The fraction of sp³-hybridized carbons (Fsp3) is 0.0833. The number of rotatable bonds is 2. The van der Waals surface area contributed by atoms with Crippen LogP contribution in [0.3, 0.4) is 0 Å². The Kier molecular flexibility index (Phi) is 4.43. The van der Waals surface area contributed by atoms with Crippen molar-refractivity contribution in [3.05, 3.63) is 39.3 Å². The molecule has 0 amide bonds. The summed E-state index contributed by atoms with van der Waals surface area (Å²) >= 11 is 3.20. The Morgan fingerprint density at radius 3 is 2.33 bits per heavy atom. The molecule has 0 aliphatic rings. The van der Waals surface area contributed by atoms with Crippen LogP contribution >= 0.6 is 15.9 Å². The van der Waals surface area contributed by atoms with Gasteiger partial charge in [0.15, 0.2) is 5.57 Å². The predicted octanol–water partition coefficient (Wildman–Crippen LogP) is 3.13. The van der Waals surface area contributed by atoms with E-state index in [0.717, 1.165) is 0 Å². The average molecular weight is 305 g/mol. The molecule has 1 N–H and O–H groups in total. The third-order valence-corrected chi connectivity index (χ3v) is 2.75. The second-order valence-electron chi connectivity index (χ2n) is 3.29. The van der Waals surface area contributed by atoms with E-state index in [-0.39, 0.29) is 17.0 Å². The quantitative estimate of drug-likeness (QED) is 0.851. The molecule has 0 aliphatic heterocycles. The minimum atomic E-state index is -0.451. The Bertz CT molecular complexity index is 628. The zero-order chi connectivity index (χ0) is 13.7. The second kappa shape index (κ2) is 5.82. The van der Waals surface area contributed by atoms with E-state index in [1.807, 2.05) is 0 Å². The lowest BCUT2D eigenvalue weighted by Gasteiger charge is -2.08. The first-order valence-corrected chi connectivity index (χ1v) is 5.50. The maximum Gasteiger partial charge on any atom is 0.163 e. The summed E-state index contributed by atoms with van der Waals surface area (Å²) in [4.78, 5) is 0. The largest absolute Gasteiger partial charge is 0.344 e. The maximum atomic E-state index is 13.4. The molecule has 6 heteroatoms. The number of nitriles is 3. The summed E-state index contributed by atoms with van der Waals surface area (Å²) in [5, 5.41) is 28.7. The van der Waals surface area contributed by atoms with Crippen LogP contribution in [0.4, 0.5) is 10.1 Å². The smallest absolute Gasteiger partial charge is 0.163 e. The molecular formula is C12H6BrFN4. The van der Waals surface area contributed by atoms with Crippen LogP contribution in [0.1, 0.15) is 5.56 Å². The van der Waals surface area contributed by atoms with Crippen molar-refractivity contribution < 1.29 is 4.39 Å². The SMILES string of the molecule is Cc1cc(Br)c(NC(C#N)=C(C#N)C#N)cc1F. The molecule has 1 rings (SSSR count). The van der Waals surface area contributed by atoms with Crippen LogP contribution < -0.4 is 5.32 Å². The van der Waals surface area contributed by atoms with Gasteiger partial charge in [-0.25, -0.2) is 4.39 Å². The van der Waals surface area contributed by atoms with Crippen molar-refractivity contribution in [1.82, 2.24) is 0 Å². The molecule has 0 spiro atoms. The van der Waals surface area contributed by atoms with Crippen molar-refractivity contribution in [2.75, 3.05) is 5.32 Å². The standard InChI is InChI=1S/C12H6BrFN4/c1-7-2-9(13)11(3-10(7)14)18-12(6-17)8(4-15)5-16/h2-3,18H,1H3. The molecule has 0 saturated heterocycles. The fourth-order valence-corrected chi connectivity index (χ4v) is 1.72. The lowest BCUT2D eigenvalue weighted by Crippen LogP contribution is -2.02. The van der Waals surface area contributed by atoms with Crippen LogP contribution in [0.2, 0.25) is 0 Å². The number of nitrogens with one attached hydrogen (secondary N) is 1. The van der Waals surface area contributed by atoms with Crippen molar-refractivity contribution in [1.29, 1.82) is 15.8 Å². The Balaban J connectivity index is 3.26. The molecule has 0 saturated carbocycles. The highest BCUT2D eigenvalue weighted by Gasteiger charge is 2.10.